The minimum Gasteiger partial charge on any atom is -0.322 e. The molecule has 4 aliphatic carbocycles. The predicted molar refractivity (Wildman–Crippen MR) is 134 cm³/mol. The third kappa shape index (κ3) is 4.57. The van der Waals surface area contributed by atoms with E-state index in [2.05, 4.69) is 16.0 Å². The first-order valence-electron chi connectivity index (χ1n) is 12.8. The molecule has 7 nitrogen and oxygen atoms in total. The first-order valence-corrected chi connectivity index (χ1v) is 12.8. The SMILES string of the molecule is O=C1CCN(c2cccc(NC(=O)c3ccc(CNC45CC6CC(CC(C6)C4)C5)cc3)c2)C(=O)N1. The summed E-state index contributed by atoms with van der Waals surface area (Å²) in [5.41, 5.74) is 3.36. The van der Waals surface area contributed by atoms with Crippen molar-refractivity contribution >= 4 is 29.2 Å². The van der Waals surface area contributed by atoms with Crippen LogP contribution in [0.25, 0.3) is 0 Å². The van der Waals surface area contributed by atoms with Crippen LogP contribution in [0.2, 0.25) is 0 Å². The lowest BCUT2D eigenvalue weighted by Crippen LogP contribution is -2.58. The Kier molecular flexibility index (Phi) is 5.60. The van der Waals surface area contributed by atoms with Gasteiger partial charge in [0.15, 0.2) is 0 Å². The molecule has 4 amide bonds. The van der Waals surface area contributed by atoms with E-state index in [4.69, 9.17) is 0 Å². The normalized spacial score (nSPS) is 29.3. The second-order valence-corrected chi connectivity index (χ2v) is 11.0. The Morgan fingerprint density at radius 3 is 2.31 bits per heavy atom. The number of hydrogen-bond donors (Lipinski definition) is 3. The number of nitrogens with zero attached hydrogens (tertiary/aromatic N) is 1. The molecule has 5 fully saturated rings. The molecule has 4 saturated carbocycles. The van der Waals surface area contributed by atoms with E-state index in [9.17, 15) is 14.4 Å². The van der Waals surface area contributed by atoms with Gasteiger partial charge in [-0.25, -0.2) is 4.79 Å². The van der Waals surface area contributed by atoms with Crippen molar-refractivity contribution in [2.75, 3.05) is 16.8 Å². The molecule has 7 rings (SSSR count). The maximum absolute atomic E-state index is 12.8. The van der Waals surface area contributed by atoms with Gasteiger partial charge in [-0.1, -0.05) is 18.2 Å². The van der Waals surface area contributed by atoms with E-state index in [1.54, 1.807) is 24.3 Å². The van der Waals surface area contributed by atoms with E-state index in [0.29, 0.717) is 29.0 Å². The molecule has 0 aromatic heterocycles. The fourth-order valence-electron chi connectivity index (χ4n) is 7.16. The molecule has 35 heavy (non-hydrogen) atoms. The van der Waals surface area contributed by atoms with Crippen LogP contribution < -0.4 is 20.9 Å². The summed E-state index contributed by atoms with van der Waals surface area (Å²) < 4.78 is 0. The Morgan fingerprint density at radius 1 is 0.971 bits per heavy atom. The molecule has 2 aromatic carbocycles. The summed E-state index contributed by atoms with van der Waals surface area (Å²) >= 11 is 0. The third-order valence-electron chi connectivity index (χ3n) is 8.39. The molecular weight excluding hydrogens is 440 g/mol. The van der Waals surface area contributed by atoms with Gasteiger partial charge in [-0.2, -0.15) is 0 Å². The average molecular weight is 473 g/mol. The molecule has 0 unspecified atom stereocenters. The van der Waals surface area contributed by atoms with Gasteiger partial charge in [-0.3, -0.25) is 19.8 Å². The summed E-state index contributed by atoms with van der Waals surface area (Å²) in [6.45, 7) is 1.16. The number of amides is 4. The second-order valence-electron chi connectivity index (χ2n) is 11.0. The number of imide groups is 1. The molecular formula is C28H32N4O3. The highest BCUT2D eigenvalue weighted by molar-refractivity contribution is 6.07. The van der Waals surface area contributed by atoms with Crippen molar-refractivity contribution < 1.29 is 14.4 Å². The summed E-state index contributed by atoms with van der Waals surface area (Å²) in [6.07, 6.45) is 8.57. The Balaban J connectivity index is 1.07. The highest BCUT2D eigenvalue weighted by Gasteiger charge is 2.50. The molecule has 7 heteroatoms. The maximum atomic E-state index is 12.8. The molecule has 5 aliphatic rings. The van der Waals surface area contributed by atoms with Gasteiger partial charge < -0.3 is 10.6 Å². The summed E-state index contributed by atoms with van der Waals surface area (Å²) in [7, 11) is 0. The molecule has 0 radical (unpaired) electrons. The van der Waals surface area contributed by atoms with Gasteiger partial charge in [0.05, 0.1) is 0 Å². The van der Waals surface area contributed by atoms with E-state index in [1.807, 2.05) is 24.3 Å². The van der Waals surface area contributed by atoms with E-state index < -0.39 is 6.03 Å². The van der Waals surface area contributed by atoms with Crippen LogP contribution in [0.5, 0.6) is 0 Å². The first kappa shape index (κ1) is 22.3. The van der Waals surface area contributed by atoms with Gasteiger partial charge in [0, 0.05) is 42.0 Å². The molecule has 0 spiro atoms. The number of anilines is 2. The molecule has 2 aromatic rings. The Bertz CT molecular complexity index is 1120. The lowest BCUT2D eigenvalue weighted by molar-refractivity contribution is -0.120. The fourth-order valence-corrected chi connectivity index (χ4v) is 7.16. The minimum atomic E-state index is -0.442. The Hall–Kier alpha value is -3.19. The van der Waals surface area contributed by atoms with Crippen LogP contribution in [0.1, 0.15) is 60.9 Å². The van der Waals surface area contributed by atoms with Crippen LogP contribution in [0, 0.1) is 17.8 Å². The van der Waals surface area contributed by atoms with E-state index in [0.717, 1.165) is 24.3 Å². The fraction of sp³-hybridized carbons (Fsp3) is 0.464. The quantitative estimate of drug-likeness (QED) is 0.580. The van der Waals surface area contributed by atoms with Gasteiger partial charge in [-0.15, -0.1) is 0 Å². The van der Waals surface area contributed by atoms with Crippen LogP contribution >= 0.6 is 0 Å². The average Bonchev–Trinajstić information content (AvgIpc) is 2.82. The number of nitrogens with one attached hydrogen (secondary N) is 3. The number of hydrogen-bond acceptors (Lipinski definition) is 4. The molecule has 1 heterocycles. The minimum absolute atomic E-state index is 0.194. The van der Waals surface area contributed by atoms with Crippen LogP contribution in [0.3, 0.4) is 0 Å². The zero-order valence-electron chi connectivity index (χ0n) is 19.9. The van der Waals surface area contributed by atoms with Crippen molar-refractivity contribution in [1.29, 1.82) is 0 Å². The summed E-state index contributed by atoms with van der Waals surface area (Å²) in [5, 5.41) is 9.16. The molecule has 4 bridgehead atoms. The monoisotopic (exact) mass is 472 g/mol. The molecule has 3 N–H and O–H groups in total. The number of benzene rings is 2. The van der Waals surface area contributed by atoms with Crippen LogP contribution in [0.15, 0.2) is 48.5 Å². The molecule has 1 aliphatic heterocycles. The number of rotatable bonds is 6. The van der Waals surface area contributed by atoms with Crippen molar-refractivity contribution in [3.63, 3.8) is 0 Å². The van der Waals surface area contributed by atoms with Crippen LogP contribution in [0.4, 0.5) is 16.2 Å². The van der Waals surface area contributed by atoms with Crippen LogP contribution in [-0.2, 0) is 11.3 Å². The largest absolute Gasteiger partial charge is 0.328 e. The number of carbonyl (C=O) groups is 3. The standard InChI is InChI=1S/C28H32N4O3/c33-25-8-9-32(27(35)31-25)24-3-1-2-23(13-24)30-26(34)22-6-4-18(5-7-22)17-29-28-14-19-10-20(15-28)12-21(11-19)16-28/h1-7,13,19-21,29H,8-12,14-17H2,(H,30,34)(H,31,33,35). The van der Waals surface area contributed by atoms with Gasteiger partial charge in [0.2, 0.25) is 5.91 Å². The zero-order chi connectivity index (χ0) is 24.0. The number of urea groups is 1. The van der Waals surface area contributed by atoms with Crippen molar-refractivity contribution in [2.24, 2.45) is 17.8 Å². The summed E-state index contributed by atoms with van der Waals surface area (Å²) in [5.74, 6) is 2.30. The second kappa shape index (κ2) is 8.79. The smallest absolute Gasteiger partial charge is 0.322 e. The van der Waals surface area contributed by atoms with E-state index in [1.165, 1.54) is 49.0 Å². The molecule has 1 saturated heterocycles. The summed E-state index contributed by atoms with van der Waals surface area (Å²) in [4.78, 5) is 37.9. The van der Waals surface area contributed by atoms with Crippen molar-refractivity contribution in [3.05, 3.63) is 59.7 Å². The van der Waals surface area contributed by atoms with Gasteiger partial charge in [0.1, 0.15) is 0 Å². The lowest BCUT2D eigenvalue weighted by Gasteiger charge is -2.57. The number of carbonyl (C=O) groups excluding carboxylic acids is 3. The summed E-state index contributed by atoms with van der Waals surface area (Å²) in [6, 6.07) is 14.5. The Labute approximate surface area is 205 Å². The van der Waals surface area contributed by atoms with Crippen molar-refractivity contribution in [2.45, 2.75) is 57.0 Å². The van der Waals surface area contributed by atoms with Crippen molar-refractivity contribution in [3.8, 4) is 0 Å². The first-order chi connectivity index (χ1) is 16.9. The van der Waals surface area contributed by atoms with E-state index >= 15 is 0 Å². The lowest BCUT2D eigenvalue weighted by atomic mass is 9.53. The molecule has 0 atom stereocenters. The topological polar surface area (TPSA) is 90.5 Å². The van der Waals surface area contributed by atoms with Gasteiger partial charge in [0.25, 0.3) is 5.91 Å². The van der Waals surface area contributed by atoms with Crippen LogP contribution in [-0.4, -0.2) is 29.9 Å². The Morgan fingerprint density at radius 2 is 1.66 bits per heavy atom. The molecule has 182 valence electrons. The van der Waals surface area contributed by atoms with Gasteiger partial charge >= 0.3 is 6.03 Å². The highest BCUT2D eigenvalue weighted by Crippen LogP contribution is 2.55. The highest BCUT2D eigenvalue weighted by atomic mass is 16.2. The maximum Gasteiger partial charge on any atom is 0.328 e. The van der Waals surface area contributed by atoms with Gasteiger partial charge in [-0.05, 0) is 92.2 Å². The van der Waals surface area contributed by atoms with E-state index in [-0.39, 0.29) is 18.2 Å². The van der Waals surface area contributed by atoms with Crippen molar-refractivity contribution in [1.82, 2.24) is 10.6 Å². The zero-order valence-corrected chi connectivity index (χ0v) is 19.9. The third-order valence-corrected chi connectivity index (χ3v) is 8.39. The predicted octanol–water partition coefficient (Wildman–Crippen LogP) is 4.44.